The lowest BCUT2D eigenvalue weighted by molar-refractivity contribution is 1.49. The molecule has 0 bridgehead atoms. The Morgan fingerprint density at radius 2 is 1.23 bits per heavy atom. The number of rotatable bonds is 2. The van der Waals surface area contributed by atoms with E-state index in [9.17, 15) is 0 Å². The summed E-state index contributed by atoms with van der Waals surface area (Å²) in [6.07, 6.45) is 4.57. The third kappa shape index (κ3) is 4.81. The van der Waals surface area contributed by atoms with Gasteiger partial charge >= 0.3 is 0 Å². The van der Waals surface area contributed by atoms with Crippen molar-refractivity contribution in [3.8, 4) is 0 Å². The first-order chi connectivity index (χ1) is 14.6. The van der Waals surface area contributed by atoms with Gasteiger partial charge in [0.1, 0.15) is 0 Å². The van der Waals surface area contributed by atoms with Crippen molar-refractivity contribution in [1.82, 2.24) is 0 Å². The standard InChI is InChI=1S/C24H24B2.2C2H6/c1-17-9-5-7-11-21(17)25(3)23-16-20-14-13-19-10-6-8-12-22(19)26(4)24(20)15-18(23)2;2*1-2/h5-16H,1-4H3;2*1-2H3. The third-order valence-corrected chi connectivity index (χ3v) is 5.96. The molecule has 30 heavy (non-hydrogen) atoms. The summed E-state index contributed by atoms with van der Waals surface area (Å²) < 4.78 is 0. The van der Waals surface area contributed by atoms with Crippen molar-refractivity contribution >= 4 is 47.4 Å². The van der Waals surface area contributed by atoms with Crippen LogP contribution in [0.15, 0.2) is 60.7 Å². The number of benzene rings is 3. The van der Waals surface area contributed by atoms with Gasteiger partial charge in [0.25, 0.3) is 0 Å². The molecular formula is C28H36B2. The Morgan fingerprint density at radius 3 is 1.93 bits per heavy atom. The van der Waals surface area contributed by atoms with E-state index in [1.807, 2.05) is 27.7 Å². The second kappa shape index (κ2) is 11.1. The smallest absolute Gasteiger partial charge is 0.0774 e. The van der Waals surface area contributed by atoms with Gasteiger partial charge in [-0.25, -0.2) is 0 Å². The van der Waals surface area contributed by atoms with Crippen molar-refractivity contribution in [2.24, 2.45) is 0 Å². The van der Waals surface area contributed by atoms with Gasteiger partial charge in [0.05, 0.1) is 0 Å². The normalized spacial score (nSPS) is 11.1. The van der Waals surface area contributed by atoms with Crippen LogP contribution in [0.4, 0.5) is 0 Å². The number of hydrogen-bond donors (Lipinski definition) is 0. The molecule has 0 spiro atoms. The monoisotopic (exact) mass is 394 g/mol. The van der Waals surface area contributed by atoms with Gasteiger partial charge in [-0.15, -0.1) is 0 Å². The number of aryl methyl sites for hydroxylation is 2. The molecule has 3 aromatic carbocycles. The first kappa shape index (κ1) is 23.8. The fourth-order valence-electron chi connectivity index (χ4n) is 4.39. The molecule has 0 nitrogen and oxygen atoms in total. The van der Waals surface area contributed by atoms with Crippen LogP contribution in [-0.4, -0.2) is 13.4 Å². The van der Waals surface area contributed by atoms with Gasteiger partial charge in [-0.3, -0.25) is 0 Å². The summed E-state index contributed by atoms with van der Waals surface area (Å²) in [6.45, 7) is 17.9. The van der Waals surface area contributed by atoms with Crippen LogP contribution in [0.5, 0.6) is 0 Å². The highest BCUT2D eigenvalue weighted by Gasteiger charge is 2.24. The largest absolute Gasteiger partial charge is 0.207 e. The zero-order chi connectivity index (χ0) is 22.3. The molecule has 0 unspecified atom stereocenters. The van der Waals surface area contributed by atoms with E-state index in [-0.39, 0.29) is 0 Å². The fourth-order valence-corrected chi connectivity index (χ4v) is 4.39. The molecule has 2 heteroatoms. The van der Waals surface area contributed by atoms with Gasteiger partial charge in [0.15, 0.2) is 0 Å². The molecule has 1 aliphatic rings. The highest BCUT2D eigenvalue weighted by molar-refractivity contribution is 6.87. The van der Waals surface area contributed by atoms with Crippen molar-refractivity contribution in [2.75, 3.05) is 0 Å². The highest BCUT2D eigenvalue weighted by atomic mass is 14.1. The maximum absolute atomic E-state index is 2.42. The maximum Gasteiger partial charge on any atom is 0.207 e. The van der Waals surface area contributed by atoms with E-state index in [2.05, 4.69) is 100 Å². The predicted octanol–water partition coefficient (Wildman–Crippen LogP) is 5.32. The zero-order valence-electron chi connectivity index (χ0n) is 20.1. The van der Waals surface area contributed by atoms with Crippen LogP contribution >= 0.6 is 0 Å². The summed E-state index contributed by atoms with van der Waals surface area (Å²) in [5.41, 5.74) is 11.2. The summed E-state index contributed by atoms with van der Waals surface area (Å²) in [6, 6.07) is 22.3. The molecule has 0 amide bonds. The molecule has 154 valence electrons. The van der Waals surface area contributed by atoms with Crippen molar-refractivity contribution in [3.05, 3.63) is 82.9 Å². The van der Waals surface area contributed by atoms with Crippen molar-refractivity contribution in [1.29, 1.82) is 0 Å². The second-order valence-corrected chi connectivity index (χ2v) is 7.60. The Hall–Kier alpha value is -2.47. The van der Waals surface area contributed by atoms with Crippen LogP contribution in [-0.2, 0) is 0 Å². The van der Waals surface area contributed by atoms with Gasteiger partial charge in [0, 0.05) is 0 Å². The maximum atomic E-state index is 2.42. The Bertz CT molecular complexity index is 1000. The molecule has 0 atom stereocenters. The average molecular weight is 394 g/mol. The van der Waals surface area contributed by atoms with Gasteiger partial charge in [-0.1, -0.05) is 147 Å². The van der Waals surface area contributed by atoms with E-state index in [1.165, 1.54) is 44.1 Å². The minimum atomic E-state index is 0.399. The molecule has 4 rings (SSSR count). The quantitative estimate of drug-likeness (QED) is 0.517. The molecule has 1 heterocycles. The average Bonchev–Trinajstić information content (AvgIpc) is 2.93. The Labute approximate surface area is 185 Å². The lowest BCUT2D eigenvalue weighted by Crippen LogP contribution is -2.46. The first-order valence-corrected chi connectivity index (χ1v) is 11.5. The van der Waals surface area contributed by atoms with Crippen molar-refractivity contribution < 1.29 is 0 Å². The van der Waals surface area contributed by atoms with Gasteiger partial charge < -0.3 is 0 Å². The second-order valence-electron chi connectivity index (χ2n) is 7.60. The lowest BCUT2D eigenvalue weighted by atomic mass is 9.38. The van der Waals surface area contributed by atoms with Crippen molar-refractivity contribution in [3.63, 3.8) is 0 Å². The minimum Gasteiger partial charge on any atom is -0.0774 e. The molecule has 0 radical (unpaired) electrons. The summed E-state index contributed by atoms with van der Waals surface area (Å²) in [5, 5.41) is 0. The van der Waals surface area contributed by atoms with Gasteiger partial charge in [0.2, 0.25) is 13.4 Å². The predicted molar refractivity (Wildman–Crippen MR) is 142 cm³/mol. The molecule has 0 aromatic heterocycles. The van der Waals surface area contributed by atoms with E-state index < -0.39 is 0 Å². The van der Waals surface area contributed by atoms with Crippen molar-refractivity contribution in [2.45, 2.75) is 55.2 Å². The number of hydrogen-bond acceptors (Lipinski definition) is 0. The van der Waals surface area contributed by atoms with Crippen LogP contribution in [0.2, 0.25) is 13.6 Å². The SMILES string of the molecule is CB(c1ccccc1C)c1cc2c(cc1C)B(C)c1ccccc1C=C2.CC.CC. The Morgan fingerprint density at radius 1 is 0.633 bits per heavy atom. The Balaban J connectivity index is 0.000000757. The van der Waals surface area contributed by atoms with E-state index >= 15 is 0 Å². The first-order valence-electron chi connectivity index (χ1n) is 11.5. The molecule has 3 aromatic rings. The van der Waals surface area contributed by atoms with Crippen LogP contribution in [0.1, 0.15) is 49.9 Å². The summed E-state index contributed by atoms with van der Waals surface area (Å²) in [4.78, 5) is 0. The molecule has 1 aliphatic heterocycles. The topological polar surface area (TPSA) is 0 Å². The fraction of sp³-hybridized carbons (Fsp3) is 0.286. The number of fused-ring (bicyclic) bond motifs is 2. The molecule has 0 saturated carbocycles. The third-order valence-electron chi connectivity index (χ3n) is 5.96. The molecule has 0 fully saturated rings. The van der Waals surface area contributed by atoms with Crippen LogP contribution in [0, 0.1) is 13.8 Å². The molecule has 0 aliphatic carbocycles. The summed E-state index contributed by atoms with van der Waals surface area (Å²) >= 11 is 0. The zero-order valence-corrected chi connectivity index (χ0v) is 20.1. The highest BCUT2D eigenvalue weighted by Crippen LogP contribution is 2.13. The van der Waals surface area contributed by atoms with E-state index in [0.29, 0.717) is 13.4 Å². The molecule has 0 saturated heterocycles. The molecular weight excluding hydrogens is 358 g/mol. The van der Waals surface area contributed by atoms with E-state index in [4.69, 9.17) is 0 Å². The minimum absolute atomic E-state index is 0.399. The van der Waals surface area contributed by atoms with Gasteiger partial charge in [-0.05, 0) is 25.0 Å². The lowest BCUT2D eigenvalue weighted by Gasteiger charge is -2.19. The van der Waals surface area contributed by atoms with E-state index in [0.717, 1.165) is 0 Å². The summed E-state index contributed by atoms with van der Waals surface area (Å²) in [5.74, 6) is 0. The van der Waals surface area contributed by atoms with Gasteiger partial charge in [-0.2, -0.15) is 0 Å². The van der Waals surface area contributed by atoms with Crippen LogP contribution in [0.3, 0.4) is 0 Å². The Kier molecular flexibility index (Phi) is 8.78. The van der Waals surface area contributed by atoms with Crippen LogP contribution in [0.25, 0.3) is 12.2 Å². The summed E-state index contributed by atoms with van der Waals surface area (Å²) in [7, 11) is 0. The van der Waals surface area contributed by atoms with Crippen LogP contribution < -0.4 is 21.9 Å². The van der Waals surface area contributed by atoms with E-state index in [1.54, 1.807) is 0 Å². The molecule has 0 N–H and O–H groups in total.